The molecule has 0 bridgehead atoms. The summed E-state index contributed by atoms with van der Waals surface area (Å²) < 4.78 is 0. The average molecular weight is 306 g/mol. The summed E-state index contributed by atoms with van der Waals surface area (Å²) in [7, 11) is 2.25. The van der Waals surface area contributed by atoms with E-state index in [2.05, 4.69) is 41.7 Å². The maximum Gasteiger partial charge on any atom is 0.0129 e. The fraction of sp³-hybridized carbons (Fsp3) is 1.00. The van der Waals surface area contributed by atoms with E-state index < -0.39 is 0 Å². The second kappa shape index (κ2) is 12.9. The fourth-order valence-corrected chi connectivity index (χ4v) is 2.23. The van der Waals surface area contributed by atoms with Gasteiger partial charge in [-0.1, -0.05) is 74.7 Å². The monoisotopic (exact) mass is 305 g/mol. The van der Waals surface area contributed by atoms with Crippen molar-refractivity contribution in [1.82, 2.24) is 4.90 Å². The second-order valence-electron chi connectivity index (χ2n) is 5.35. The van der Waals surface area contributed by atoms with Gasteiger partial charge in [-0.3, -0.25) is 0 Å². The van der Waals surface area contributed by atoms with Crippen LogP contribution in [0.15, 0.2) is 0 Å². The quantitative estimate of drug-likeness (QED) is 0.352. The molecule has 0 aliphatic heterocycles. The standard InChI is InChI=1S/C15H32BrN/c1-4-5-6-7-8-9-10-11-13-17(3)14-12-15(2)16/h15H,4-14H2,1-3H3. The van der Waals surface area contributed by atoms with Crippen molar-refractivity contribution in [2.75, 3.05) is 20.1 Å². The number of unbranched alkanes of at least 4 members (excludes halogenated alkanes) is 7. The van der Waals surface area contributed by atoms with Crippen molar-refractivity contribution in [3.05, 3.63) is 0 Å². The lowest BCUT2D eigenvalue weighted by Crippen LogP contribution is -2.22. The molecule has 104 valence electrons. The van der Waals surface area contributed by atoms with Gasteiger partial charge in [-0.05, 0) is 33.0 Å². The van der Waals surface area contributed by atoms with Crippen LogP contribution >= 0.6 is 15.9 Å². The van der Waals surface area contributed by atoms with Gasteiger partial charge in [-0.15, -0.1) is 0 Å². The van der Waals surface area contributed by atoms with E-state index >= 15 is 0 Å². The summed E-state index contributed by atoms with van der Waals surface area (Å²) in [6.45, 7) is 7.01. The van der Waals surface area contributed by atoms with Crippen LogP contribution in [0, 0.1) is 0 Å². The van der Waals surface area contributed by atoms with Gasteiger partial charge in [0.1, 0.15) is 0 Å². The smallest absolute Gasteiger partial charge is 0.0129 e. The average Bonchev–Trinajstić information content (AvgIpc) is 2.30. The Bertz CT molecular complexity index is 148. The maximum atomic E-state index is 3.60. The van der Waals surface area contributed by atoms with E-state index in [-0.39, 0.29) is 0 Å². The first-order valence-electron chi connectivity index (χ1n) is 7.49. The Morgan fingerprint density at radius 1 is 0.882 bits per heavy atom. The van der Waals surface area contributed by atoms with Gasteiger partial charge in [0.05, 0.1) is 0 Å². The first kappa shape index (κ1) is 17.4. The van der Waals surface area contributed by atoms with Crippen LogP contribution in [0.5, 0.6) is 0 Å². The van der Waals surface area contributed by atoms with E-state index in [0.717, 1.165) is 0 Å². The van der Waals surface area contributed by atoms with Crippen LogP contribution in [0.2, 0.25) is 0 Å². The number of halogens is 1. The first-order valence-corrected chi connectivity index (χ1v) is 8.41. The van der Waals surface area contributed by atoms with E-state index in [0.29, 0.717) is 4.83 Å². The highest BCUT2D eigenvalue weighted by Crippen LogP contribution is 2.09. The molecule has 0 amide bonds. The number of hydrogen-bond acceptors (Lipinski definition) is 1. The Hall–Kier alpha value is 0.440. The van der Waals surface area contributed by atoms with Gasteiger partial charge in [0.2, 0.25) is 0 Å². The Morgan fingerprint density at radius 3 is 1.94 bits per heavy atom. The van der Waals surface area contributed by atoms with E-state index in [1.165, 1.54) is 70.9 Å². The molecule has 0 aliphatic carbocycles. The van der Waals surface area contributed by atoms with Crippen molar-refractivity contribution in [3.8, 4) is 0 Å². The molecular formula is C15H32BrN. The molecule has 1 nitrogen and oxygen atoms in total. The van der Waals surface area contributed by atoms with Gasteiger partial charge in [-0.25, -0.2) is 0 Å². The Balaban J connectivity index is 3.11. The van der Waals surface area contributed by atoms with E-state index in [4.69, 9.17) is 0 Å². The van der Waals surface area contributed by atoms with Crippen LogP contribution in [0.3, 0.4) is 0 Å². The molecule has 0 saturated heterocycles. The molecule has 0 rings (SSSR count). The van der Waals surface area contributed by atoms with Crippen LogP contribution in [0.1, 0.15) is 71.6 Å². The molecule has 0 saturated carbocycles. The molecule has 0 spiro atoms. The van der Waals surface area contributed by atoms with Gasteiger partial charge in [0.15, 0.2) is 0 Å². The zero-order valence-electron chi connectivity index (χ0n) is 12.2. The minimum atomic E-state index is 0.656. The molecule has 0 heterocycles. The van der Waals surface area contributed by atoms with Crippen LogP contribution in [0.25, 0.3) is 0 Å². The minimum Gasteiger partial charge on any atom is -0.306 e. The van der Waals surface area contributed by atoms with Crippen LogP contribution in [0.4, 0.5) is 0 Å². The van der Waals surface area contributed by atoms with E-state index in [1.54, 1.807) is 0 Å². The number of rotatable bonds is 12. The molecule has 0 radical (unpaired) electrons. The molecule has 0 aliphatic rings. The SMILES string of the molecule is CCCCCCCCCCN(C)CCC(C)Br. The predicted octanol–water partition coefficient (Wildman–Crippen LogP) is 5.23. The third-order valence-corrected chi connectivity index (χ3v) is 3.76. The van der Waals surface area contributed by atoms with Crippen molar-refractivity contribution >= 4 is 15.9 Å². The maximum absolute atomic E-state index is 3.60. The second-order valence-corrected chi connectivity index (χ2v) is 6.91. The molecule has 0 aromatic carbocycles. The van der Waals surface area contributed by atoms with Gasteiger partial charge in [-0.2, -0.15) is 0 Å². The van der Waals surface area contributed by atoms with E-state index in [9.17, 15) is 0 Å². The number of hydrogen-bond donors (Lipinski definition) is 0. The summed E-state index contributed by atoms with van der Waals surface area (Å²) in [6, 6.07) is 0. The summed E-state index contributed by atoms with van der Waals surface area (Å²) >= 11 is 3.60. The molecule has 2 heteroatoms. The lowest BCUT2D eigenvalue weighted by atomic mass is 10.1. The van der Waals surface area contributed by atoms with Crippen LogP contribution in [-0.2, 0) is 0 Å². The Kier molecular flexibility index (Phi) is 13.2. The third kappa shape index (κ3) is 14.4. The topological polar surface area (TPSA) is 3.24 Å². The van der Waals surface area contributed by atoms with E-state index in [1.807, 2.05) is 0 Å². The third-order valence-electron chi connectivity index (χ3n) is 3.30. The van der Waals surface area contributed by atoms with Crippen molar-refractivity contribution in [2.24, 2.45) is 0 Å². The predicted molar refractivity (Wildman–Crippen MR) is 83.1 cm³/mol. The minimum absolute atomic E-state index is 0.656. The molecule has 0 N–H and O–H groups in total. The molecule has 17 heavy (non-hydrogen) atoms. The largest absolute Gasteiger partial charge is 0.306 e. The Morgan fingerprint density at radius 2 is 1.41 bits per heavy atom. The summed E-state index contributed by atoms with van der Waals surface area (Å²) in [5.74, 6) is 0. The van der Waals surface area contributed by atoms with Crippen molar-refractivity contribution < 1.29 is 0 Å². The highest BCUT2D eigenvalue weighted by Gasteiger charge is 2.01. The fourth-order valence-electron chi connectivity index (χ4n) is 2.03. The Labute approximate surface area is 117 Å². The molecule has 0 aromatic rings. The lowest BCUT2D eigenvalue weighted by molar-refractivity contribution is 0.320. The molecule has 0 aromatic heterocycles. The van der Waals surface area contributed by atoms with Crippen molar-refractivity contribution in [3.63, 3.8) is 0 Å². The summed E-state index contributed by atoms with van der Waals surface area (Å²) in [6.07, 6.45) is 12.6. The zero-order chi connectivity index (χ0) is 12.9. The first-order chi connectivity index (χ1) is 8.16. The van der Waals surface area contributed by atoms with Crippen LogP contribution in [-0.4, -0.2) is 29.9 Å². The highest BCUT2D eigenvalue weighted by molar-refractivity contribution is 9.09. The lowest BCUT2D eigenvalue weighted by Gasteiger charge is -2.17. The van der Waals surface area contributed by atoms with Crippen molar-refractivity contribution in [2.45, 2.75) is 76.5 Å². The van der Waals surface area contributed by atoms with Gasteiger partial charge in [0, 0.05) is 4.83 Å². The molecular weight excluding hydrogens is 274 g/mol. The summed E-state index contributed by atoms with van der Waals surface area (Å²) in [4.78, 5) is 3.12. The summed E-state index contributed by atoms with van der Waals surface area (Å²) in [5.41, 5.74) is 0. The highest BCUT2D eigenvalue weighted by atomic mass is 79.9. The number of nitrogens with zero attached hydrogens (tertiary/aromatic N) is 1. The summed E-state index contributed by atoms with van der Waals surface area (Å²) in [5, 5.41) is 0. The van der Waals surface area contributed by atoms with Crippen LogP contribution < -0.4 is 0 Å². The molecule has 1 unspecified atom stereocenters. The van der Waals surface area contributed by atoms with Gasteiger partial charge < -0.3 is 4.90 Å². The molecule has 1 atom stereocenters. The normalized spacial score (nSPS) is 13.2. The van der Waals surface area contributed by atoms with Gasteiger partial charge >= 0.3 is 0 Å². The van der Waals surface area contributed by atoms with Gasteiger partial charge in [0.25, 0.3) is 0 Å². The van der Waals surface area contributed by atoms with Crippen molar-refractivity contribution in [1.29, 1.82) is 0 Å². The zero-order valence-corrected chi connectivity index (χ0v) is 13.8. The molecule has 0 fully saturated rings. The number of alkyl halides is 1.